The van der Waals surface area contributed by atoms with Gasteiger partial charge in [-0.2, -0.15) is 27.1 Å². The molecule has 36 heavy (non-hydrogen) atoms. The van der Waals surface area contributed by atoms with Gasteiger partial charge < -0.3 is 9.47 Å². The number of halogens is 5. The van der Waals surface area contributed by atoms with Crippen molar-refractivity contribution in [3.05, 3.63) is 87.4 Å². The van der Waals surface area contributed by atoms with E-state index in [1.165, 1.54) is 41.3 Å². The highest BCUT2D eigenvalue weighted by Crippen LogP contribution is 2.38. The Balaban J connectivity index is 1.49. The molecule has 5 rings (SSSR count). The van der Waals surface area contributed by atoms with Gasteiger partial charge in [0, 0.05) is 29.1 Å². The van der Waals surface area contributed by atoms with E-state index in [1.54, 1.807) is 6.92 Å². The number of nitrogens with zero attached hydrogens (tertiary/aromatic N) is 5. The van der Waals surface area contributed by atoms with Gasteiger partial charge in [0.1, 0.15) is 5.69 Å². The quantitative estimate of drug-likeness (QED) is 0.429. The van der Waals surface area contributed by atoms with Gasteiger partial charge in [-0.15, -0.1) is 10.2 Å². The molecule has 0 bridgehead atoms. The van der Waals surface area contributed by atoms with E-state index >= 15 is 8.78 Å². The minimum absolute atomic E-state index is 0.0348. The third-order valence-corrected chi connectivity index (χ3v) is 6.10. The van der Waals surface area contributed by atoms with Crippen molar-refractivity contribution in [2.24, 2.45) is 0 Å². The number of hydrogen-bond acceptors (Lipinski definition) is 5. The lowest BCUT2D eigenvalue weighted by molar-refractivity contribution is -0.148. The molecule has 3 heterocycles. The Hall–Kier alpha value is -4.16. The van der Waals surface area contributed by atoms with Crippen LogP contribution in [-0.4, -0.2) is 41.8 Å². The van der Waals surface area contributed by atoms with Crippen molar-refractivity contribution in [3.63, 3.8) is 0 Å². The molecule has 0 radical (unpaired) electrons. The number of H-pyrrole nitrogens is 1. The average molecular weight is 504 g/mol. The summed E-state index contributed by atoms with van der Waals surface area (Å²) in [4.78, 5) is 26.5. The standard InChI is InChI=1S/C23H17F5N6O2/c1-12-10-34-17(29-32-21(34)23(26,27)28)11-33(12)20(36)13-5-4-6-14(9-13)22(24,25)18-15-7-2-3-8-16(15)19(35)31-30-18/h2-9,12H,10-11H2,1H3,(H,31,35)/t12-/m1/s1. The van der Waals surface area contributed by atoms with Crippen LogP contribution >= 0.6 is 0 Å². The smallest absolute Gasteiger partial charge is 0.327 e. The molecule has 186 valence electrons. The second-order valence-corrected chi connectivity index (χ2v) is 8.43. The van der Waals surface area contributed by atoms with E-state index in [0.29, 0.717) is 0 Å². The molecular formula is C23H17F5N6O2. The topological polar surface area (TPSA) is 96.8 Å². The summed E-state index contributed by atoms with van der Waals surface area (Å²) in [6, 6.07) is 9.88. The Labute approximate surface area is 199 Å². The van der Waals surface area contributed by atoms with Crippen LogP contribution in [0.3, 0.4) is 0 Å². The molecule has 0 fully saturated rings. The molecule has 1 N–H and O–H groups in total. The highest BCUT2D eigenvalue weighted by molar-refractivity contribution is 5.94. The number of nitrogens with one attached hydrogen (secondary N) is 1. The number of benzene rings is 2. The second kappa shape index (κ2) is 8.21. The molecule has 0 unspecified atom stereocenters. The Bertz CT molecular complexity index is 1540. The van der Waals surface area contributed by atoms with Gasteiger partial charge in [0.2, 0.25) is 5.82 Å². The van der Waals surface area contributed by atoms with Gasteiger partial charge in [0.25, 0.3) is 11.5 Å². The summed E-state index contributed by atoms with van der Waals surface area (Å²) in [5.41, 5.74) is -1.92. The summed E-state index contributed by atoms with van der Waals surface area (Å²) in [7, 11) is 0. The van der Waals surface area contributed by atoms with E-state index < -0.39 is 46.7 Å². The number of hydrogen-bond donors (Lipinski definition) is 1. The van der Waals surface area contributed by atoms with Crippen molar-refractivity contribution in [1.29, 1.82) is 0 Å². The maximum atomic E-state index is 15.6. The number of carbonyl (C=O) groups is 1. The number of aromatic nitrogens is 5. The third kappa shape index (κ3) is 3.80. The van der Waals surface area contributed by atoms with Crippen LogP contribution in [0.15, 0.2) is 53.3 Å². The van der Waals surface area contributed by atoms with E-state index in [-0.39, 0.29) is 35.2 Å². The van der Waals surface area contributed by atoms with E-state index in [2.05, 4.69) is 20.4 Å². The molecule has 4 aromatic rings. The van der Waals surface area contributed by atoms with Gasteiger partial charge in [-0.25, -0.2) is 5.10 Å². The molecule has 0 saturated carbocycles. The molecular weight excluding hydrogens is 487 g/mol. The van der Waals surface area contributed by atoms with Crippen LogP contribution in [0.2, 0.25) is 0 Å². The Kier molecular flexibility index (Phi) is 5.38. The van der Waals surface area contributed by atoms with E-state index in [0.717, 1.165) is 16.7 Å². The van der Waals surface area contributed by atoms with Crippen LogP contribution < -0.4 is 5.56 Å². The fourth-order valence-corrected chi connectivity index (χ4v) is 4.30. The first-order valence-electron chi connectivity index (χ1n) is 10.7. The van der Waals surface area contributed by atoms with Gasteiger partial charge in [0.05, 0.1) is 11.9 Å². The van der Waals surface area contributed by atoms with Crippen molar-refractivity contribution in [1.82, 2.24) is 29.9 Å². The zero-order valence-corrected chi connectivity index (χ0v) is 18.6. The number of carbonyl (C=O) groups excluding carboxylic acids is 1. The highest BCUT2D eigenvalue weighted by atomic mass is 19.4. The van der Waals surface area contributed by atoms with Crippen molar-refractivity contribution in [2.45, 2.75) is 38.2 Å². The van der Waals surface area contributed by atoms with Crippen molar-refractivity contribution < 1.29 is 26.7 Å². The normalized spacial score (nSPS) is 16.3. The zero-order chi connectivity index (χ0) is 25.8. The van der Waals surface area contributed by atoms with Crippen LogP contribution in [0.5, 0.6) is 0 Å². The molecule has 2 aromatic carbocycles. The maximum absolute atomic E-state index is 15.6. The first-order valence-corrected chi connectivity index (χ1v) is 10.7. The summed E-state index contributed by atoms with van der Waals surface area (Å²) in [5, 5.41) is 12.4. The fourth-order valence-electron chi connectivity index (χ4n) is 4.30. The number of aromatic amines is 1. The van der Waals surface area contributed by atoms with Crippen LogP contribution in [-0.2, 0) is 25.2 Å². The summed E-state index contributed by atoms with van der Waals surface area (Å²) in [6.45, 7) is 1.08. The van der Waals surface area contributed by atoms with E-state index in [9.17, 15) is 22.8 Å². The fraction of sp³-hybridized carbons (Fsp3) is 0.261. The Morgan fingerprint density at radius 2 is 1.75 bits per heavy atom. The minimum atomic E-state index is -4.70. The summed E-state index contributed by atoms with van der Waals surface area (Å²) >= 11 is 0. The molecule has 0 aliphatic carbocycles. The van der Waals surface area contributed by atoms with Crippen LogP contribution in [0.1, 0.15) is 40.2 Å². The predicted octanol–water partition coefficient (Wildman–Crippen LogP) is 3.72. The van der Waals surface area contributed by atoms with Crippen molar-refractivity contribution in [2.75, 3.05) is 0 Å². The number of fused-ring (bicyclic) bond motifs is 2. The van der Waals surface area contributed by atoms with Crippen LogP contribution in [0.4, 0.5) is 22.0 Å². The van der Waals surface area contributed by atoms with Gasteiger partial charge >= 0.3 is 12.1 Å². The molecule has 13 heteroatoms. The summed E-state index contributed by atoms with van der Waals surface area (Å²) < 4.78 is 71.6. The molecule has 1 aliphatic heterocycles. The molecule has 1 aliphatic rings. The van der Waals surface area contributed by atoms with Crippen LogP contribution in [0.25, 0.3) is 10.8 Å². The lowest BCUT2D eigenvalue weighted by atomic mass is 9.98. The molecule has 2 aromatic heterocycles. The summed E-state index contributed by atoms with van der Waals surface area (Å²) in [6.07, 6.45) is -4.70. The minimum Gasteiger partial charge on any atom is -0.327 e. The van der Waals surface area contributed by atoms with Crippen LogP contribution in [0, 0.1) is 0 Å². The van der Waals surface area contributed by atoms with Gasteiger partial charge in [-0.05, 0) is 25.1 Å². The number of amides is 1. The highest BCUT2D eigenvalue weighted by Gasteiger charge is 2.42. The van der Waals surface area contributed by atoms with Gasteiger partial charge in [0.15, 0.2) is 5.82 Å². The maximum Gasteiger partial charge on any atom is 0.451 e. The molecule has 1 amide bonds. The number of alkyl halides is 5. The van der Waals surface area contributed by atoms with Gasteiger partial charge in [-0.3, -0.25) is 9.59 Å². The van der Waals surface area contributed by atoms with Crippen molar-refractivity contribution >= 4 is 16.7 Å². The zero-order valence-electron chi connectivity index (χ0n) is 18.6. The molecule has 8 nitrogen and oxygen atoms in total. The SMILES string of the molecule is C[C@@H]1Cn2c(nnc2C(F)(F)F)CN1C(=O)c1cccc(C(F)(F)c2n[nH]c(=O)c3ccccc23)c1. The molecule has 0 saturated heterocycles. The van der Waals surface area contributed by atoms with E-state index in [4.69, 9.17) is 0 Å². The monoisotopic (exact) mass is 504 g/mol. The lowest BCUT2D eigenvalue weighted by Crippen LogP contribution is -2.45. The average Bonchev–Trinajstić information content (AvgIpc) is 3.26. The Morgan fingerprint density at radius 3 is 2.47 bits per heavy atom. The first-order chi connectivity index (χ1) is 17.0. The van der Waals surface area contributed by atoms with Gasteiger partial charge in [-0.1, -0.05) is 30.3 Å². The predicted molar refractivity (Wildman–Crippen MR) is 116 cm³/mol. The second-order valence-electron chi connectivity index (χ2n) is 8.43. The largest absolute Gasteiger partial charge is 0.451 e. The summed E-state index contributed by atoms with van der Waals surface area (Å²) in [5.74, 6) is -5.53. The first kappa shape index (κ1) is 23.6. The number of rotatable bonds is 3. The third-order valence-electron chi connectivity index (χ3n) is 6.10. The molecule has 0 spiro atoms. The van der Waals surface area contributed by atoms with Crippen molar-refractivity contribution in [3.8, 4) is 0 Å². The lowest BCUT2D eigenvalue weighted by Gasteiger charge is -2.34. The van der Waals surface area contributed by atoms with E-state index in [1.807, 2.05) is 0 Å². The molecule has 1 atom stereocenters. The Morgan fingerprint density at radius 1 is 1.03 bits per heavy atom.